The van der Waals surface area contributed by atoms with Gasteiger partial charge in [-0.15, -0.1) is 0 Å². The second-order valence-corrected chi connectivity index (χ2v) is 9.28. The fraction of sp³-hybridized carbons (Fsp3) is 0.609. The number of thioether (sulfide) groups is 1. The molecule has 1 aromatic heterocycles. The van der Waals surface area contributed by atoms with Crippen LogP contribution in [-0.2, 0) is 11.3 Å². The lowest BCUT2D eigenvalue weighted by atomic mass is 10.2. The van der Waals surface area contributed by atoms with Gasteiger partial charge in [0.2, 0.25) is 5.91 Å². The van der Waals surface area contributed by atoms with Gasteiger partial charge in [-0.2, -0.15) is 0 Å². The molecule has 7 heteroatoms. The first-order chi connectivity index (χ1) is 14.2. The number of hydrogen-bond acceptors (Lipinski definition) is 5. The molecule has 0 aliphatic carbocycles. The van der Waals surface area contributed by atoms with Gasteiger partial charge in [-0.1, -0.05) is 37.2 Å². The number of aromatic nitrogens is 2. The summed E-state index contributed by atoms with van der Waals surface area (Å²) in [5.74, 6) is 0.220. The molecule has 0 bridgehead atoms. The standard InChI is InChI=1S/C23H36N4O2S/c1-7-10-18(6)24-21(28)15-30-23-25-20-12-9-8-11-19(20)22(29)27(23)14-13-26(16(2)3)17(4)5/h8-9,11-12,16-18H,7,10,13-15H2,1-6H3,(H,24,28). The highest BCUT2D eigenvalue weighted by molar-refractivity contribution is 7.99. The third-order valence-electron chi connectivity index (χ3n) is 5.20. The number of amides is 1. The molecule has 0 fully saturated rings. The number of fused-ring (bicyclic) bond motifs is 1. The van der Waals surface area contributed by atoms with Crippen LogP contribution in [-0.4, -0.2) is 50.8 Å². The van der Waals surface area contributed by atoms with Crippen molar-refractivity contribution >= 4 is 28.6 Å². The lowest BCUT2D eigenvalue weighted by Gasteiger charge is -2.30. The third-order valence-corrected chi connectivity index (χ3v) is 6.17. The van der Waals surface area contributed by atoms with Gasteiger partial charge < -0.3 is 5.32 Å². The molecule has 1 aromatic carbocycles. The van der Waals surface area contributed by atoms with Crippen LogP contribution in [0.15, 0.2) is 34.2 Å². The number of rotatable bonds is 11. The number of para-hydroxylation sites is 1. The summed E-state index contributed by atoms with van der Waals surface area (Å²) in [7, 11) is 0. The van der Waals surface area contributed by atoms with E-state index in [9.17, 15) is 9.59 Å². The molecule has 1 atom stereocenters. The summed E-state index contributed by atoms with van der Waals surface area (Å²) in [6.45, 7) is 14.1. The number of hydrogen-bond donors (Lipinski definition) is 1. The number of nitrogens with zero attached hydrogens (tertiary/aromatic N) is 3. The normalized spacial score (nSPS) is 12.8. The largest absolute Gasteiger partial charge is 0.353 e. The lowest BCUT2D eigenvalue weighted by Crippen LogP contribution is -2.40. The summed E-state index contributed by atoms with van der Waals surface area (Å²) in [6, 6.07) is 8.33. The van der Waals surface area contributed by atoms with Gasteiger partial charge in [-0.05, 0) is 53.2 Å². The van der Waals surface area contributed by atoms with Gasteiger partial charge in [-0.25, -0.2) is 4.98 Å². The predicted octanol–water partition coefficient (Wildman–Crippen LogP) is 3.91. The first kappa shape index (κ1) is 24.4. The van der Waals surface area contributed by atoms with E-state index in [1.807, 2.05) is 31.2 Å². The van der Waals surface area contributed by atoms with Crippen molar-refractivity contribution in [3.05, 3.63) is 34.6 Å². The molecule has 166 valence electrons. The van der Waals surface area contributed by atoms with Crippen LogP contribution in [0.2, 0.25) is 0 Å². The third kappa shape index (κ3) is 6.57. The predicted molar refractivity (Wildman–Crippen MR) is 126 cm³/mol. The van der Waals surface area contributed by atoms with E-state index in [1.165, 1.54) is 11.8 Å². The first-order valence-corrected chi connectivity index (χ1v) is 11.9. The van der Waals surface area contributed by atoms with Crippen LogP contribution < -0.4 is 10.9 Å². The number of carbonyl (C=O) groups excluding carboxylic acids is 1. The molecule has 0 spiro atoms. The van der Waals surface area contributed by atoms with Crippen molar-refractivity contribution in [2.24, 2.45) is 0 Å². The highest BCUT2D eigenvalue weighted by Gasteiger charge is 2.17. The summed E-state index contributed by atoms with van der Waals surface area (Å²) < 4.78 is 1.73. The molecule has 1 N–H and O–H groups in total. The summed E-state index contributed by atoms with van der Waals surface area (Å²) in [5.41, 5.74) is 0.626. The second-order valence-electron chi connectivity index (χ2n) is 8.34. The van der Waals surface area contributed by atoms with E-state index in [2.05, 4.69) is 44.8 Å². The van der Waals surface area contributed by atoms with Crippen molar-refractivity contribution in [3.8, 4) is 0 Å². The Morgan fingerprint density at radius 3 is 2.47 bits per heavy atom. The van der Waals surface area contributed by atoms with Crippen molar-refractivity contribution in [2.75, 3.05) is 12.3 Å². The summed E-state index contributed by atoms with van der Waals surface area (Å²) >= 11 is 1.33. The maximum Gasteiger partial charge on any atom is 0.262 e. The van der Waals surface area contributed by atoms with E-state index in [4.69, 9.17) is 4.98 Å². The Bertz CT molecular complexity index is 886. The Labute approximate surface area is 184 Å². The average molecular weight is 433 g/mol. The lowest BCUT2D eigenvalue weighted by molar-refractivity contribution is -0.119. The van der Waals surface area contributed by atoms with Gasteiger partial charge in [0.25, 0.3) is 5.56 Å². The topological polar surface area (TPSA) is 67.2 Å². The molecule has 1 heterocycles. The van der Waals surface area contributed by atoms with Crippen LogP contribution >= 0.6 is 11.8 Å². The zero-order valence-electron chi connectivity index (χ0n) is 19.1. The quantitative estimate of drug-likeness (QED) is 0.431. The molecule has 1 unspecified atom stereocenters. The fourth-order valence-corrected chi connectivity index (χ4v) is 4.57. The molecule has 1 amide bonds. The van der Waals surface area contributed by atoms with Crippen LogP contribution in [0.1, 0.15) is 54.4 Å². The minimum atomic E-state index is -0.0460. The van der Waals surface area contributed by atoms with Gasteiger partial charge in [0.15, 0.2) is 5.16 Å². The minimum absolute atomic E-state index is 0.0269. The zero-order chi connectivity index (χ0) is 22.3. The Morgan fingerprint density at radius 1 is 1.17 bits per heavy atom. The first-order valence-electron chi connectivity index (χ1n) is 10.9. The van der Waals surface area contributed by atoms with Gasteiger partial charge in [0.05, 0.1) is 16.7 Å². The maximum atomic E-state index is 13.2. The van der Waals surface area contributed by atoms with E-state index in [0.29, 0.717) is 34.7 Å². The number of nitrogens with one attached hydrogen (secondary N) is 1. The van der Waals surface area contributed by atoms with Crippen LogP contribution in [0.4, 0.5) is 0 Å². The molecule has 0 saturated carbocycles. The van der Waals surface area contributed by atoms with Gasteiger partial charge >= 0.3 is 0 Å². The van der Waals surface area contributed by atoms with Crippen LogP contribution in [0.25, 0.3) is 10.9 Å². The Morgan fingerprint density at radius 2 is 1.83 bits per heavy atom. The van der Waals surface area contributed by atoms with Crippen LogP contribution in [0.3, 0.4) is 0 Å². The monoisotopic (exact) mass is 432 g/mol. The zero-order valence-corrected chi connectivity index (χ0v) is 20.0. The molecule has 2 rings (SSSR count). The Kier molecular flexibility index (Phi) is 9.37. The molecule has 0 aliphatic rings. The molecule has 2 aromatic rings. The van der Waals surface area contributed by atoms with Gasteiger partial charge in [0, 0.05) is 31.2 Å². The average Bonchev–Trinajstić information content (AvgIpc) is 2.68. The molecule has 6 nitrogen and oxygen atoms in total. The Hall–Kier alpha value is -1.86. The smallest absolute Gasteiger partial charge is 0.262 e. The second kappa shape index (κ2) is 11.5. The van der Waals surface area contributed by atoms with Crippen molar-refractivity contribution in [1.82, 2.24) is 19.8 Å². The molecular formula is C23H36N4O2S. The molecule has 30 heavy (non-hydrogen) atoms. The number of carbonyl (C=O) groups is 1. The fourth-order valence-electron chi connectivity index (χ4n) is 3.73. The van der Waals surface area contributed by atoms with Crippen molar-refractivity contribution in [1.29, 1.82) is 0 Å². The summed E-state index contributed by atoms with van der Waals surface area (Å²) in [6.07, 6.45) is 1.98. The van der Waals surface area contributed by atoms with E-state index in [0.717, 1.165) is 19.4 Å². The highest BCUT2D eigenvalue weighted by atomic mass is 32.2. The van der Waals surface area contributed by atoms with Crippen molar-refractivity contribution in [2.45, 2.75) is 84.2 Å². The van der Waals surface area contributed by atoms with E-state index < -0.39 is 0 Å². The molecule has 0 aliphatic heterocycles. The molecular weight excluding hydrogens is 396 g/mol. The summed E-state index contributed by atoms with van der Waals surface area (Å²) in [4.78, 5) is 32.6. The van der Waals surface area contributed by atoms with Crippen LogP contribution in [0.5, 0.6) is 0 Å². The van der Waals surface area contributed by atoms with E-state index in [-0.39, 0.29) is 23.3 Å². The number of benzene rings is 1. The van der Waals surface area contributed by atoms with E-state index >= 15 is 0 Å². The summed E-state index contributed by atoms with van der Waals surface area (Å²) in [5, 5.41) is 4.23. The maximum absolute atomic E-state index is 13.2. The van der Waals surface area contributed by atoms with Gasteiger partial charge in [0.1, 0.15) is 0 Å². The highest BCUT2D eigenvalue weighted by Crippen LogP contribution is 2.18. The van der Waals surface area contributed by atoms with Gasteiger partial charge in [-0.3, -0.25) is 19.1 Å². The van der Waals surface area contributed by atoms with Crippen LogP contribution in [0, 0.1) is 0 Å². The Balaban J connectivity index is 2.26. The molecule has 0 radical (unpaired) electrons. The minimum Gasteiger partial charge on any atom is -0.353 e. The van der Waals surface area contributed by atoms with E-state index in [1.54, 1.807) is 4.57 Å². The van der Waals surface area contributed by atoms with Crippen molar-refractivity contribution < 1.29 is 4.79 Å². The SMILES string of the molecule is CCCC(C)NC(=O)CSc1nc2ccccc2c(=O)n1CCN(C(C)C)C(C)C. The molecule has 0 saturated heterocycles. The van der Waals surface area contributed by atoms with Crippen molar-refractivity contribution in [3.63, 3.8) is 0 Å².